The molecule has 0 saturated carbocycles. The summed E-state index contributed by atoms with van der Waals surface area (Å²) in [6.45, 7) is 0. The molecule has 0 bridgehead atoms. The summed E-state index contributed by atoms with van der Waals surface area (Å²) in [4.78, 5) is 23.7. The molecule has 102 valence electrons. The van der Waals surface area contributed by atoms with E-state index in [-0.39, 0.29) is 12.3 Å². The molecule has 4 heteroatoms. The number of carbonyl (C=O) groups excluding carboxylic acids is 2. The summed E-state index contributed by atoms with van der Waals surface area (Å²) in [6, 6.07) is 15.9. The van der Waals surface area contributed by atoms with E-state index in [4.69, 9.17) is 4.74 Å². The molecule has 0 aliphatic rings. The number of methoxy groups -OCH3 is 1. The van der Waals surface area contributed by atoms with Gasteiger partial charge in [-0.1, -0.05) is 36.4 Å². The average Bonchev–Trinajstić information content (AvgIpc) is 2.48. The van der Waals surface area contributed by atoms with E-state index in [1.54, 1.807) is 24.3 Å². The van der Waals surface area contributed by atoms with Crippen LogP contribution >= 0.6 is 0 Å². The molecule has 0 aromatic heterocycles. The molecule has 20 heavy (non-hydrogen) atoms. The average molecular weight is 269 g/mol. The highest BCUT2D eigenvalue weighted by Crippen LogP contribution is 2.12. The van der Waals surface area contributed by atoms with Crippen molar-refractivity contribution in [1.82, 2.24) is 5.32 Å². The maximum atomic E-state index is 11.9. The molecule has 0 spiro atoms. The first kappa shape index (κ1) is 13.8. The van der Waals surface area contributed by atoms with Crippen molar-refractivity contribution in [1.29, 1.82) is 0 Å². The molecule has 0 aliphatic carbocycles. The number of hydrogen-bond donors (Lipinski definition) is 1. The third kappa shape index (κ3) is 3.68. The van der Waals surface area contributed by atoms with Crippen LogP contribution < -0.4 is 10.1 Å². The van der Waals surface area contributed by atoms with Crippen LogP contribution in [0.25, 0.3) is 0 Å². The van der Waals surface area contributed by atoms with Crippen molar-refractivity contribution in [2.75, 3.05) is 7.11 Å². The maximum Gasteiger partial charge on any atom is 0.257 e. The summed E-state index contributed by atoms with van der Waals surface area (Å²) < 4.78 is 5.04. The zero-order valence-corrected chi connectivity index (χ0v) is 11.1. The molecule has 0 unspecified atom stereocenters. The molecular weight excluding hydrogens is 254 g/mol. The number of rotatable bonds is 4. The molecule has 4 nitrogen and oxygen atoms in total. The molecule has 0 atom stereocenters. The Morgan fingerprint density at radius 3 is 2.50 bits per heavy atom. The van der Waals surface area contributed by atoms with Crippen LogP contribution in [0.3, 0.4) is 0 Å². The van der Waals surface area contributed by atoms with Crippen LogP contribution in [-0.2, 0) is 11.2 Å². The zero-order chi connectivity index (χ0) is 14.4. The summed E-state index contributed by atoms with van der Waals surface area (Å²) in [6.07, 6.45) is 0.177. The molecular formula is C16H15NO3. The predicted octanol–water partition coefficient (Wildman–Crippen LogP) is 2.19. The summed E-state index contributed by atoms with van der Waals surface area (Å²) in [5.41, 5.74) is 1.26. The topological polar surface area (TPSA) is 55.4 Å². The van der Waals surface area contributed by atoms with Crippen LogP contribution in [0.2, 0.25) is 0 Å². The minimum absolute atomic E-state index is 0.177. The Bertz CT molecular complexity index is 608. The second-order valence-electron chi connectivity index (χ2n) is 4.27. The highest BCUT2D eigenvalue weighted by molar-refractivity contribution is 6.05. The van der Waals surface area contributed by atoms with Gasteiger partial charge in [-0.15, -0.1) is 0 Å². The molecule has 0 saturated heterocycles. The van der Waals surface area contributed by atoms with Crippen LogP contribution in [0.1, 0.15) is 15.9 Å². The number of carbonyl (C=O) groups is 2. The van der Waals surface area contributed by atoms with E-state index in [9.17, 15) is 9.59 Å². The van der Waals surface area contributed by atoms with Gasteiger partial charge >= 0.3 is 0 Å². The van der Waals surface area contributed by atoms with Crippen molar-refractivity contribution in [3.8, 4) is 5.75 Å². The highest BCUT2D eigenvalue weighted by atomic mass is 16.5. The van der Waals surface area contributed by atoms with Crippen molar-refractivity contribution >= 4 is 11.8 Å². The van der Waals surface area contributed by atoms with Crippen molar-refractivity contribution < 1.29 is 14.3 Å². The molecule has 2 aromatic carbocycles. The molecule has 0 aliphatic heterocycles. The van der Waals surface area contributed by atoms with E-state index in [1.165, 1.54) is 7.11 Å². The fourth-order valence-corrected chi connectivity index (χ4v) is 1.79. The molecule has 2 amide bonds. The summed E-state index contributed by atoms with van der Waals surface area (Å²) >= 11 is 0. The van der Waals surface area contributed by atoms with Gasteiger partial charge in [-0.05, 0) is 23.8 Å². The summed E-state index contributed by atoms with van der Waals surface area (Å²) in [7, 11) is 1.53. The Hall–Kier alpha value is -2.62. The minimum Gasteiger partial charge on any atom is -0.497 e. The lowest BCUT2D eigenvalue weighted by molar-refractivity contribution is -0.119. The lowest BCUT2D eigenvalue weighted by atomic mass is 10.1. The van der Waals surface area contributed by atoms with Gasteiger partial charge in [0, 0.05) is 5.56 Å². The third-order valence-electron chi connectivity index (χ3n) is 2.79. The van der Waals surface area contributed by atoms with Gasteiger partial charge < -0.3 is 4.74 Å². The lowest BCUT2D eigenvalue weighted by Crippen LogP contribution is -2.31. The van der Waals surface area contributed by atoms with Gasteiger partial charge in [0.15, 0.2) is 0 Å². The van der Waals surface area contributed by atoms with Crippen LogP contribution in [0.15, 0.2) is 54.6 Å². The highest BCUT2D eigenvalue weighted by Gasteiger charge is 2.11. The van der Waals surface area contributed by atoms with E-state index in [1.807, 2.05) is 30.3 Å². The normalized spacial score (nSPS) is 9.85. The van der Waals surface area contributed by atoms with Crippen LogP contribution in [-0.4, -0.2) is 18.9 Å². The van der Waals surface area contributed by atoms with Gasteiger partial charge in [0.25, 0.3) is 5.91 Å². The van der Waals surface area contributed by atoms with Gasteiger partial charge in [-0.3, -0.25) is 14.9 Å². The maximum absolute atomic E-state index is 11.9. The Kier molecular flexibility index (Phi) is 4.50. The van der Waals surface area contributed by atoms with Gasteiger partial charge in [0.1, 0.15) is 5.75 Å². The minimum atomic E-state index is -0.426. The van der Waals surface area contributed by atoms with Crippen molar-refractivity contribution in [3.63, 3.8) is 0 Å². The summed E-state index contributed by atoms with van der Waals surface area (Å²) in [5, 5.41) is 2.36. The zero-order valence-electron chi connectivity index (χ0n) is 11.1. The van der Waals surface area contributed by atoms with Crippen LogP contribution in [0.5, 0.6) is 5.75 Å². The molecule has 2 aromatic rings. The van der Waals surface area contributed by atoms with Crippen molar-refractivity contribution in [3.05, 3.63) is 65.7 Å². The number of nitrogens with one attached hydrogen (secondary N) is 1. The molecule has 0 radical (unpaired) electrons. The van der Waals surface area contributed by atoms with Crippen molar-refractivity contribution in [2.45, 2.75) is 6.42 Å². The third-order valence-corrected chi connectivity index (χ3v) is 2.79. The standard InChI is InChI=1S/C16H15NO3/c1-20-14-9-5-8-13(11-14)16(19)17-15(18)10-12-6-3-2-4-7-12/h2-9,11H,10H2,1H3,(H,17,18,19). The Morgan fingerprint density at radius 1 is 1.05 bits per heavy atom. The van der Waals surface area contributed by atoms with E-state index < -0.39 is 5.91 Å². The van der Waals surface area contributed by atoms with Crippen molar-refractivity contribution in [2.24, 2.45) is 0 Å². The van der Waals surface area contributed by atoms with Crippen LogP contribution in [0, 0.1) is 0 Å². The van der Waals surface area contributed by atoms with E-state index in [0.717, 1.165) is 5.56 Å². The predicted molar refractivity (Wildman–Crippen MR) is 75.6 cm³/mol. The number of hydrogen-bond acceptors (Lipinski definition) is 3. The first-order chi connectivity index (χ1) is 9.69. The fourth-order valence-electron chi connectivity index (χ4n) is 1.79. The van der Waals surface area contributed by atoms with Gasteiger partial charge in [0.05, 0.1) is 13.5 Å². The second-order valence-corrected chi connectivity index (χ2v) is 4.27. The Labute approximate surface area is 117 Å². The second kappa shape index (κ2) is 6.52. The SMILES string of the molecule is COc1cccc(C(=O)NC(=O)Cc2ccccc2)c1. The lowest BCUT2D eigenvalue weighted by Gasteiger charge is -2.06. The fraction of sp³-hybridized carbons (Fsp3) is 0.125. The van der Waals surface area contributed by atoms with E-state index in [2.05, 4.69) is 5.32 Å². The number of ether oxygens (including phenoxy) is 1. The molecule has 0 fully saturated rings. The Balaban J connectivity index is 1.98. The Morgan fingerprint density at radius 2 is 1.80 bits per heavy atom. The van der Waals surface area contributed by atoms with E-state index >= 15 is 0 Å². The monoisotopic (exact) mass is 269 g/mol. The number of imide groups is 1. The summed E-state index contributed by atoms with van der Waals surface area (Å²) in [5.74, 6) is -0.179. The molecule has 2 rings (SSSR count). The first-order valence-electron chi connectivity index (χ1n) is 6.21. The first-order valence-corrected chi connectivity index (χ1v) is 6.21. The largest absolute Gasteiger partial charge is 0.497 e. The van der Waals surface area contributed by atoms with Gasteiger partial charge in [-0.25, -0.2) is 0 Å². The number of amides is 2. The molecule has 1 N–H and O–H groups in total. The quantitative estimate of drug-likeness (QED) is 0.925. The van der Waals surface area contributed by atoms with Gasteiger partial charge in [-0.2, -0.15) is 0 Å². The molecule has 0 heterocycles. The van der Waals surface area contributed by atoms with E-state index in [0.29, 0.717) is 11.3 Å². The van der Waals surface area contributed by atoms with Crippen LogP contribution in [0.4, 0.5) is 0 Å². The number of benzene rings is 2. The van der Waals surface area contributed by atoms with Gasteiger partial charge in [0.2, 0.25) is 5.91 Å². The smallest absolute Gasteiger partial charge is 0.257 e.